The number of carbonyl (C=O) groups is 1. The summed E-state index contributed by atoms with van der Waals surface area (Å²) in [6.07, 6.45) is 3.82. The third kappa shape index (κ3) is 4.39. The number of piperidine rings is 1. The standard InChI is InChI=1S/C21H20BrN3OS/c22-17-6-4-5-16(13-17)20(26)23-18-9-7-15(8-10-18)19-14-27-21(24-19)25-11-2-1-3-12-25/h4-10,13-14H,1-3,11-12H2,(H,23,26). The number of amides is 1. The molecule has 0 saturated carbocycles. The number of nitrogens with zero attached hydrogens (tertiary/aromatic N) is 2. The van der Waals surface area contributed by atoms with Crippen LogP contribution in [0.1, 0.15) is 29.6 Å². The quantitative estimate of drug-likeness (QED) is 0.554. The first-order valence-corrected chi connectivity index (χ1v) is 10.7. The first-order chi connectivity index (χ1) is 13.2. The summed E-state index contributed by atoms with van der Waals surface area (Å²) in [5, 5.41) is 6.15. The predicted molar refractivity (Wildman–Crippen MR) is 116 cm³/mol. The Labute approximate surface area is 171 Å². The number of anilines is 2. The van der Waals surface area contributed by atoms with Gasteiger partial charge in [-0.15, -0.1) is 11.3 Å². The zero-order chi connectivity index (χ0) is 18.6. The number of benzene rings is 2. The van der Waals surface area contributed by atoms with E-state index in [1.54, 1.807) is 23.5 Å². The van der Waals surface area contributed by atoms with Gasteiger partial charge in [0.2, 0.25) is 0 Å². The third-order valence-electron chi connectivity index (χ3n) is 4.64. The van der Waals surface area contributed by atoms with Gasteiger partial charge in [0.15, 0.2) is 5.13 Å². The molecule has 0 spiro atoms. The molecule has 0 unspecified atom stereocenters. The lowest BCUT2D eigenvalue weighted by atomic mass is 10.1. The maximum absolute atomic E-state index is 12.4. The lowest BCUT2D eigenvalue weighted by Crippen LogP contribution is -2.29. The van der Waals surface area contributed by atoms with Crippen LogP contribution in [-0.2, 0) is 0 Å². The maximum Gasteiger partial charge on any atom is 0.255 e. The number of carbonyl (C=O) groups excluding carboxylic acids is 1. The molecule has 0 atom stereocenters. The summed E-state index contributed by atoms with van der Waals surface area (Å²) >= 11 is 5.10. The molecular formula is C21H20BrN3OS. The zero-order valence-corrected chi connectivity index (χ0v) is 17.2. The van der Waals surface area contributed by atoms with Crippen LogP contribution in [0.4, 0.5) is 10.8 Å². The molecule has 138 valence electrons. The van der Waals surface area contributed by atoms with E-state index < -0.39 is 0 Å². The third-order valence-corrected chi connectivity index (χ3v) is 6.04. The molecule has 1 saturated heterocycles. The number of hydrogen-bond acceptors (Lipinski definition) is 4. The molecule has 1 N–H and O–H groups in total. The topological polar surface area (TPSA) is 45.2 Å². The van der Waals surface area contributed by atoms with E-state index in [0.717, 1.165) is 39.6 Å². The van der Waals surface area contributed by atoms with Crippen molar-refractivity contribution in [3.8, 4) is 11.3 Å². The molecular weight excluding hydrogens is 422 g/mol. The van der Waals surface area contributed by atoms with Crippen molar-refractivity contribution >= 4 is 44.0 Å². The minimum absolute atomic E-state index is 0.120. The van der Waals surface area contributed by atoms with E-state index in [1.807, 2.05) is 36.4 Å². The maximum atomic E-state index is 12.4. The van der Waals surface area contributed by atoms with E-state index in [9.17, 15) is 4.79 Å². The van der Waals surface area contributed by atoms with Crippen molar-refractivity contribution in [1.82, 2.24) is 4.98 Å². The number of thiazole rings is 1. The predicted octanol–water partition coefficient (Wildman–Crippen LogP) is 5.82. The molecule has 1 aromatic heterocycles. The summed E-state index contributed by atoms with van der Waals surface area (Å²) < 4.78 is 0.888. The average molecular weight is 442 g/mol. The van der Waals surface area contributed by atoms with Crippen LogP contribution in [0.2, 0.25) is 0 Å². The van der Waals surface area contributed by atoms with Gasteiger partial charge in [-0.1, -0.05) is 34.1 Å². The summed E-state index contributed by atoms with van der Waals surface area (Å²) in [5.74, 6) is -0.120. The Morgan fingerprint density at radius 2 is 1.85 bits per heavy atom. The highest BCUT2D eigenvalue weighted by Crippen LogP contribution is 2.29. The molecule has 4 rings (SSSR count). The van der Waals surface area contributed by atoms with E-state index in [0.29, 0.717) is 5.56 Å². The Bertz CT molecular complexity index is 933. The minimum Gasteiger partial charge on any atom is -0.348 e. The Morgan fingerprint density at radius 3 is 2.59 bits per heavy atom. The largest absolute Gasteiger partial charge is 0.348 e. The van der Waals surface area contributed by atoms with Gasteiger partial charge in [0.05, 0.1) is 5.69 Å². The van der Waals surface area contributed by atoms with Gasteiger partial charge in [0.1, 0.15) is 0 Å². The van der Waals surface area contributed by atoms with Crippen LogP contribution in [0.25, 0.3) is 11.3 Å². The molecule has 0 aliphatic carbocycles. The van der Waals surface area contributed by atoms with E-state index in [1.165, 1.54) is 19.3 Å². The van der Waals surface area contributed by atoms with Gasteiger partial charge in [-0.05, 0) is 49.6 Å². The summed E-state index contributed by atoms with van der Waals surface area (Å²) in [6, 6.07) is 15.2. The number of halogens is 1. The number of aromatic nitrogens is 1. The van der Waals surface area contributed by atoms with E-state index in [2.05, 4.69) is 31.5 Å². The fraction of sp³-hybridized carbons (Fsp3) is 0.238. The van der Waals surface area contributed by atoms with Crippen molar-refractivity contribution in [1.29, 1.82) is 0 Å². The van der Waals surface area contributed by atoms with Crippen molar-refractivity contribution in [2.24, 2.45) is 0 Å². The molecule has 1 fully saturated rings. The van der Waals surface area contributed by atoms with E-state index in [4.69, 9.17) is 4.98 Å². The SMILES string of the molecule is O=C(Nc1ccc(-c2csc(N3CCCCC3)n2)cc1)c1cccc(Br)c1. The van der Waals surface area contributed by atoms with Crippen LogP contribution in [0, 0.1) is 0 Å². The Hall–Kier alpha value is -2.18. The zero-order valence-electron chi connectivity index (χ0n) is 14.8. The lowest BCUT2D eigenvalue weighted by Gasteiger charge is -2.25. The van der Waals surface area contributed by atoms with Crippen molar-refractivity contribution in [2.45, 2.75) is 19.3 Å². The summed E-state index contributed by atoms with van der Waals surface area (Å²) in [5.41, 5.74) is 3.45. The summed E-state index contributed by atoms with van der Waals surface area (Å²) in [6.45, 7) is 2.21. The monoisotopic (exact) mass is 441 g/mol. The Balaban J connectivity index is 1.44. The molecule has 1 aliphatic rings. The van der Waals surface area contributed by atoms with Gasteiger partial charge >= 0.3 is 0 Å². The van der Waals surface area contributed by atoms with Crippen molar-refractivity contribution in [3.63, 3.8) is 0 Å². The van der Waals surface area contributed by atoms with Crippen LogP contribution in [-0.4, -0.2) is 24.0 Å². The second kappa shape index (κ2) is 8.23. The minimum atomic E-state index is -0.120. The molecule has 2 aromatic carbocycles. The summed E-state index contributed by atoms with van der Waals surface area (Å²) in [7, 11) is 0. The van der Waals surface area contributed by atoms with E-state index in [-0.39, 0.29) is 5.91 Å². The summed E-state index contributed by atoms with van der Waals surface area (Å²) in [4.78, 5) is 19.5. The van der Waals surface area contributed by atoms with Gasteiger partial charge in [-0.3, -0.25) is 4.79 Å². The van der Waals surface area contributed by atoms with Crippen LogP contribution >= 0.6 is 27.3 Å². The molecule has 27 heavy (non-hydrogen) atoms. The lowest BCUT2D eigenvalue weighted by molar-refractivity contribution is 0.102. The smallest absolute Gasteiger partial charge is 0.255 e. The highest BCUT2D eigenvalue weighted by molar-refractivity contribution is 9.10. The van der Waals surface area contributed by atoms with Gasteiger partial charge < -0.3 is 10.2 Å². The Kier molecular flexibility index (Phi) is 5.55. The van der Waals surface area contributed by atoms with Crippen LogP contribution in [0.15, 0.2) is 58.4 Å². The van der Waals surface area contributed by atoms with Crippen LogP contribution in [0.3, 0.4) is 0 Å². The van der Waals surface area contributed by atoms with Gasteiger partial charge in [-0.2, -0.15) is 0 Å². The molecule has 4 nitrogen and oxygen atoms in total. The molecule has 1 amide bonds. The first kappa shape index (κ1) is 18.2. The molecule has 0 bridgehead atoms. The highest BCUT2D eigenvalue weighted by Gasteiger charge is 2.15. The van der Waals surface area contributed by atoms with Gasteiger partial charge in [0.25, 0.3) is 5.91 Å². The second-order valence-corrected chi connectivity index (χ2v) is 8.36. The highest BCUT2D eigenvalue weighted by atomic mass is 79.9. The van der Waals surface area contributed by atoms with Crippen molar-refractivity contribution in [2.75, 3.05) is 23.3 Å². The van der Waals surface area contributed by atoms with Gasteiger partial charge in [-0.25, -0.2) is 4.98 Å². The second-order valence-electron chi connectivity index (χ2n) is 6.60. The van der Waals surface area contributed by atoms with E-state index >= 15 is 0 Å². The molecule has 0 radical (unpaired) electrons. The van der Waals surface area contributed by atoms with Gasteiger partial charge in [0, 0.05) is 39.8 Å². The van der Waals surface area contributed by atoms with Crippen LogP contribution in [0.5, 0.6) is 0 Å². The number of rotatable bonds is 4. The fourth-order valence-corrected chi connectivity index (χ4v) is 4.47. The Morgan fingerprint density at radius 1 is 1.07 bits per heavy atom. The van der Waals surface area contributed by atoms with Crippen molar-refractivity contribution in [3.05, 3.63) is 63.9 Å². The van der Waals surface area contributed by atoms with Crippen molar-refractivity contribution < 1.29 is 4.79 Å². The van der Waals surface area contributed by atoms with Crippen LogP contribution < -0.4 is 10.2 Å². The molecule has 6 heteroatoms. The number of nitrogens with one attached hydrogen (secondary N) is 1. The molecule has 3 aromatic rings. The first-order valence-electron chi connectivity index (χ1n) is 9.07. The average Bonchev–Trinajstić information content (AvgIpc) is 3.19. The normalized spacial score (nSPS) is 14.2. The fourth-order valence-electron chi connectivity index (χ4n) is 3.18. The number of hydrogen-bond donors (Lipinski definition) is 1. The molecule has 2 heterocycles. The molecule has 1 aliphatic heterocycles.